The van der Waals surface area contributed by atoms with Crippen molar-refractivity contribution in [3.63, 3.8) is 0 Å². The summed E-state index contributed by atoms with van der Waals surface area (Å²) >= 11 is 0. The summed E-state index contributed by atoms with van der Waals surface area (Å²) in [4.78, 5) is 21.0. The Morgan fingerprint density at radius 2 is 2.07 bits per heavy atom. The van der Waals surface area contributed by atoms with Crippen LogP contribution in [0.4, 0.5) is 13.2 Å². The van der Waals surface area contributed by atoms with E-state index < -0.39 is 24.0 Å². The second kappa shape index (κ2) is 6.54. The van der Waals surface area contributed by atoms with Gasteiger partial charge >= 0.3 is 6.18 Å². The average molecular weight is 415 g/mol. The molecule has 1 amide bonds. The van der Waals surface area contributed by atoms with Gasteiger partial charge < -0.3 is 9.73 Å². The number of carbonyl (C=O) groups is 1. The van der Waals surface area contributed by atoms with Gasteiger partial charge in [0.15, 0.2) is 23.3 Å². The highest BCUT2D eigenvalue weighted by Gasteiger charge is 2.49. The van der Waals surface area contributed by atoms with Crippen molar-refractivity contribution < 1.29 is 22.4 Å². The van der Waals surface area contributed by atoms with Gasteiger partial charge in [-0.1, -0.05) is 0 Å². The minimum atomic E-state index is -4.50. The van der Waals surface area contributed by atoms with Gasteiger partial charge in [0.1, 0.15) is 11.6 Å². The van der Waals surface area contributed by atoms with Gasteiger partial charge in [-0.05, 0) is 55.5 Å². The van der Waals surface area contributed by atoms with Crippen molar-refractivity contribution in [2.24, 2.45) is 5.92 Å². The van der Waals surface area contributed by atoms with Crippen LogP contribution >= 0.6 is 0 Å². The van der Waals surface area contributed by atoms with Crippen LogP contribution in [0.3, 0.4) is 0 Å². The Labute approximate surface area is 167 Å². The number of halogens is 3. The lowest BCUT2D eigenvalue weighted by atomic mass is 10.1. The number of rotatable bonds is 4. The molecule has 0 spiro atoms. The number of amides is 1. The Kier molecular flexibility index (Phi) is 4.05. The van der Waals surface area contributed by atoms with Crippen LogP contribution in [0.1, 0.15) is 28.9 Å². The third-order valence-electron chi connectivity index (χ3n) is 5.24. The molecule has 1 N–H and O–H groups in total. The monoisotopic (exact) mass is 415 g/mol. The summed E-state index contributed by atoms with van der Waals surface area (Å²) in [6, 6.07) is 5.27. The molecule has 1 aliphatic rings. The predicted molar refractivity (Wildman–Crippen MR) is 101 cm³/mol. The molecule has 7 nitrogen and oxygen atoms in total. The van der Waals surface area contributed by atoms with Gasteiger partial charge in [-0.3, -0.25) is 4.79 Å². The molecule has 1 unspecified atom stereocenters. The van der Waals surface area contributed by atoms with Gasteiger partial charge in [-0.2, -0.15) is 18.3 Å². The molecule has 0 radical (unpaired) electrons. The van der Waals surface area contributed by atoms with E-state index in [-0.39, 0.29) is 5.69 Å². The van der Waals surface area contributed by atoms with Crippen molar-refractivity contribution in [3.05, 3.63) is 48.1 Å². The lowest BCUT2D eigenvalue weighted by Crippen LogP contribution is -2.47. The van der Waals surface area contributed by atoms with Crippen LogP contribution in [0.5, 0.6) is 0 Å². The van der Waals surface area contributed by atoms with Gasteiger partial charge in [0.2, 0.25) is 0 Å². The SMILES string of the molecule is Cc1cc(-c2ccc3ocnc3c2)nn2c(C(=O)NC(C3CC3)C(F)(F)F)cnc12. The molecule has 5 rings (SSSR count). The smallest absolute Gasteiger partial charge is 0.408 e. The summed E-state index contributed by atoms with van der Waals surface area (Å²) in [5.41, 5.74) is 3.62. The number of imidazole rings is 1. The highest BCUT2D eigenvalue weighted by Crippen LogP contribution is 2.40. The van der Waals surface area contributed by atoms with Crippen LogP contribution in [0, 0.1) is 12.8 Å². The fraction of sp³-hybridized carbons (Fsp3) is 0.300. The molecule has 1 aromatic carbocycles. The molecule has 1 fully saturated rings. The molecule has 0 bridgehead atoms. The first kappa shape index (κ1) is 18.6. The minimum absolute atomic E-state index is 0.0487. The third kappa shape index (κ3) is 3.17. The minimum Gasteiger partial charge on any atom is -0.443 e. The molecule has 154 valence electrons. The zero-order chi connectivity index (χ0) is 21.0. The quantitative estimate of drug-likeness (QED) is 0.546. The lowest BCUT2D eigenvalue weighted by molar-refractivity contribution is -0.158. The van der Waals surface area contributed by atoms with Crippen molar-refractivity contribution in [1.82, 2.24) is 24.9 Å². The van der Waals surface area contributed by atoms with Crippen molar-refractivity contribution in [1.29, 1.82) is 0 Å². The van der Waals surface area contributed by atoms with Crippen LogP contribution in [0.15, 0.2) is 41.3 Å². The topological polar surface area (TPSA) is 85.3 Å². The average Bonchev–Trinajstić information content (AvgIpc) is 3.24. The highest BCUT2D eigenvalue weighted by atomic mass is 19.4. The number of aromatic nitrogens is 4. The van der Waals surface area contributed by atoms with E-state index in [1.54, 1.807) is 31.2 Å². The highest BCUT2D eigenvalue weighted by molar-refractivity contribution is 5.93. The Bertz CT molecular complexity index is 1270. The van der Waals surface area contributed by atoms with Crippen LogP contribution < -0.4 is 5.32 Å². The molecule has 0 aliphatic heterocycles. The van der Waals surface area contributed by atoms with E-state index in [0.29, 0.717) is 35.3 Å². The van der Waals surface area contributed by atoms with Crippen LogP contribution in [-0.2, 0) is 0 Å². The summed E-state index contributed by atoms with van der Waals surface area (Å²) < 4.78 is 46.5. The van der Waals surface area contributed by atoms with E-state index in [4.69, 9.17) is 4.42 Å². The molecule has 30 heavy (non-hydrogen) atoms. The van der Waals surface area contributed by atoms with E-state index in [1.807, 2.05) is 0 Å². The second-order valence-corrected chi connectivity index (χ2v) is 7.46. The van der Waals surface area contributed by atoms with Gasteiger partial charge in [0.05, 0.1) is 11.9 Å². The number of benzene rings is 1. The zero-order valence-electron chi connectivity index (χ0n) is 15.8. The zero-order valence-corrected chi connectivity index (χ0v) is 15.8. The number of aryl methyl sites for hydroxylation is 1. The lowest BCUT2D eigenvalue weighted by Gasteiger charge is -2.21. The summed E-state index contributed by atoms with van der Waals surface area (Å²) in [7, 11) is 0. The molecular formula is C20H16F3N5O2. The Morgan fingerprint density at radius 3 is 2.80 bits per heavy atom. The van der Waals surface area contributed by atoms with E-state index in [1.165, 1.54) is 17.1 Å². The van der Waals surface area contributed by atoms with Crippen molar-refractivity contribution >= 4 is 22.7 Å². The number of hydrogen-bond acceptors (Lipinski definition) is 5. The van der Waals surface area contributed by atoms with Crippen molar-refractivity contribution in [2.75, 3.05) is 0 Å². The van der Waals surface area contributed by atoms with E-state index in [9.17, 15) is 18.0 Å². The van der Waals surface area contributed by atoms with Crippen LogP contribution in [-0.4, -0.2) is 37.7 Å². The number of nitrogens with one attached hydrogen (secondary N) is 1. The summed E-state index contributed by atoms with van der Waals surface area (Å²) in [5.74, 6) is -1.43. The first-order valence-electron chi connectivity index (χ1n) is 9.38. The molecule has 10 heteroatoms. The van der Waals surface area contributed by atoms with E-state index >= 15 is 0 Å². The normalized spacial score (nSPS) is 15.6. The molecule has 3 aromatic heterocycles. The number of hydrogen-bond donors (Lipinski definition) is 1. The van der Waals surface area contributed by atoms with Crippen molar-refractivity contribution in [3.8, 4) is 11.3 Å². The number of alkyl halides is 3. The number of oxazole rings is 1. The molecule has 1 aliphatic carbocycles. The fourth-order valence-electron chi connectivity index (χ4n) is 3.55. The molecule has 0 saturated heterocycles. The van der Waals surface area contributed by atoms with E-state index in [0.717, 1.165) is 11.1 Å². The van der Waals surface area contributed by atoms with Crippen LogP contribution in [0.2, 0.25) is 0 Å². The Morgan fingerprint density at radius 1 is 1.27 bits per heavy atom. The standard InChI is InChI=1S/C20H16F3N5O2/c1-10-6-13(12-4-5-16-14(7-12)25-9-30-16)27-28-15(8-24-18(10)28)19(29)26-17(11-2-3-11)20(21,22)23/h4-9,11,17H,2-3H2,1H3,(H,26,29). The molecule has 1 saturated carbocycles. The van der Waals surface area contributed by atoms with Crippen LogP contribution in [0.25, 0.3) is 28.0 Å². The fourth-order valence-corrected chi connectivity index (χ4v) is 3.55. The second-order valence-electron chi connectivity index (χ2n) is 7.46. The molecular weight excluding hydrogens is 399 g/mol. The molecule has 3 heterocycles. The maximum Gasteiger partial charge on any atom is 0.408 e. The molecule has 1 atom stereocenters. The number of carbonyl (C=O) groups excluding carboxylic acids is 1. The number of fused-ring (bicyclic) bond motifs is 2. The van der Waals surface area contributed by atoms with Crippen molar-refractivity contribution in [2.45, 2.75) is 32.0 Å². The largest absolute Gasteiger partial charge is 0.443 e. The predicted octanol–water partition coefficient (Wildman–Crippen LogP) is 3.92. The third-order valence-corrected chi connectivity index (χ3v) is 5.24. The van der Waals surface area contributed by atoms with E-state index in [2.05, 4.69) is 20.4 Å². The van der Waals surface area contributed by atoms with Gasteiger partial charge in [-0.25, -0.2) is 14.5 Å². The van der Waals surface area contributed by atoms with Gasteiger partial charge in [0.25, 0.3) is 5.91 Å². The number of nitrogens with zero attached hydrogens (tertiary/aromatic N) is 4. The Balaban J connectivity index is 1.54. The first-order chi connectivity index (χ1) is 14.3. The van der Waals surface area contributed by atoms with Gasteiger partial charge in [-0.15, -0.1) is 0 Å². The first-order valence-corrected chi connectivity index (χ1v) is 9.38. The van der Waals surface area contributed by atoms with Gasteiger partial charge in [0, 0.05) is 5.56 Å². The summed E-state index contributed by atoms with van der Waals surface area (Å²) in [5, 5.41) is 6.59. The maximum absolute atomic E-state index is 13.3. The summed E-state index contributed by atoms with van der Waals surface area (Å²) in [6.07, 6.45) is -1.02. The molecule has 4 aromatic rings. The summed E-state index contributed by atoms with van der Waals surface area (Å²) in [6.45, 7) is 1.80. The maximum atomic E-state index is 13.3. The Hall–Kier alpha value is -3.43.